The van der Waals surface area contributed by atoms with Gasteiger partial charge in [0.05, 0.1) is 5.41 Å². The third kappa shape index (κ3) is 6.21. The summed E-state index contributed by atoms with van der Waals surface area (Å²) in [5.74, 6) is -1.05. The molecule has 35 heavy (non-hydrogen) atoms. The maximum atomic E-state index is 12.4. The number of amides is 2. The second-order valence-corrected chi connectivity index (χ2v) is 9.33. The molecule has 0 aromatic heterocycles. The lowest BCUT2D eigenvalue weighted by Crippen LogP contribution is -2.42. The fourth-order valence-electron chi connectivity index (χ4n) is 4.72. The molecule has 0 spiro atoms. The molecule has 188 valence electrons. The Morgan fingerprint density at radius 1 is 1.00 bits per heavy atom. The van der Waals surface area contributed by atoms with E-state index in [1.165, 1.54) is 22.3 Å². The predicted molar refractivity (Wildman–Crippen MR) is 135 cm³/mol. The lowest BCUT2D eigenvalue weighted by molar-refractivity contribution is -0.149. The average molecular weight is 481 g/mol. The van der Waals surface area contributed by atoms with Gasteiger partial charge in [-0.3, -0.25) is 9.59 Å². The summed E-state index contributed by atoms with van der Waals surface area (Å²) in [6, 6.07) is 16.2. The number of carbonyl (C=O) groups excluding carboxylic acids is 2. The number of fused-ring (bicyclic) bond motifs is 3. The molecular weight excluding hydrogens is 444 g/mol. The van der Waals surface area contributed by atoms with Crippen molar-refractivity contribution in [3.63, 3.8) is 0 Å². The first kappa shape index (κ1) is 26.3. The van der Waals surface area contributed by atoms with E-state index < -0.39 is 17.5 Å². The first-order valence-corrected chi connectivity index (χ1v) is 12.4. The second-order valence-electron chi connectivity index (χ2n) is 9.33. The Bertz CT molecular complexity index is 1000. The minimum absolute atomic E-state index is 0.0105. The van der Waals surface area contributed by atoms with Crippen LogP contribution in [0.1, 0.15) is 69.9 Å². The lowest BCUT2D eigenvalue weighted by Gasteiger charge is -2.26. The van der Waals surface area contributed by atoms with Gasteiger partial charge in [-0.15, -0.1) is 0 Å². The smallest absolute Gasteiger partial charge is 0.407 e. The molecule has 7 heteroatoms. The van der Waals surface area contributed by atoms with Crippen LogP contribution in [-0.4, -0.2) is 42.3 Å². The molecule has 0 radical (unpaired) electrons. The summed E-state index contributed by atoms with van der Waals surface area (Å²) in [6.45, 7) is 5.90. The summed E-state index contributed by atoms with van der Waals surface area (Å²) in [6.07, 6.45) is 1.92. The van der Waals surface area contributed by atoms with Gasteiger partial charge in [-0.05, 0) is 54.9 Å². The fourth-order valence-corrected chi connectivity index (χ4v) is 4.72. The minimum Gasteiger partial charge on any atom is -0.481 e. The highest BCUT2D eigenvalue weighted by molar-refractivity contribution is 5.80. The molecule has 2 aromatic carbocycles. The number of benzene rings is 2. The van der Waals surface area contributed by atoms with Crippen LogP contribution in [0.4, 0.5) is 4.79 Å². The van der Waals surface area contributed by atoms with Crippen LogP contribution in [0.3, 0.4) is 0 Å². The Morgan fingerprint density at radius 3 is 2.11 bits per heavy atom. The number of ether oxygens (including phenoxy) is 1. The summed E-state index contributed by atoms with van der Waals surface area (Å²) in [4.78, 5) is 36.1. The Labute approximate surface area is 207 Å². The zero-order valence-corrected chi connectivity index (χ0v) is 20.8. The van der Waals surface area contributed by atoms with Gasteiger partial charge >= 0.3 is 12.1 Å². The van der Waals surface area contributed by atoms with Crippen LogP contribution >= 0.6 is 0 Å². The average Bonchev–Trinajstić information content (AvgIpc) is 3.17. The van der Waals surface area contributed by atoms with Crippen molar-refractivity contribution in [3.8, 4) is 11.1 Å². The largest absolute Gasteiger partial charge is 0.481 e. The van der Waals surface area contributed by atoms with Crippen molar-refractivity contribution >= 4 is 18.0 Å². The normalized spacial score (nSPS) is 13.5. The molecule has 3 N–H and O–H groups in total. The van der Waals surface area contributed by atoms with Gasteiger partial charge in [-0.1, -0.05) is 62.4 Å². The SMILES string of the molecule is CCC(CC)(CNC(=O)CCCC(C)NC(=O)OCC1c2ccccc2-c2ccccc21)C(=O)O. The Hall–Kier alpha value is -3.35. The molecule has 0 bridgehead atoms. The topological polar surface area (TPSA) is 105 Å². The second kappa shape index (κ2) is 11.9. The van der Waals surface area contributed by atoms with Crippen molar-refractivity contribution in [2.75, 3.05) is 13.2 Å². The minimum atomic E-state index is -0.922. The van der Waals surface area contributed by atoms with E-state index in [0.29, 0.717) is 25.7 Å². The quantitative estimate of drug-likeness (QED) is 0.392. The van der Waals surface area contributed by atoms with E-state index in [-0.39, 0.29) is 37.4 Å². The highest BCUT2D eigenvalue weighted by Crippen LogP contribution is 2.44. The van der Waals surface area contributed by atoms with Crippen LogP contribution in [0.25, 0.3) is 11.1 Å². The number of hydrogen-bond acceptors (Lipinski definition) is 4. The van der Waals surface area contributed by atoms with Gasteiger partial charge in [0.1, 0.15) is 6.61 Å². The van der Waals surface area contributed by atoms with Gasteiger partial charge in [-0.2, -0.15) is 0 Å². The van der Waals surface area contributed by atoms with E-state index in [0.717, 1.165) is 0 Å². The van der Waals surface area contributed by atoms with Crippen LogP contribution in [0.15, 0.2) is 48.5 Å². The first-order valence-electron chi connectivity index (χ1n) is 12.4. The lowest BCUT2D eigenvalue weighted by atomic mass is 9.82. The molecule has 1 aliphatic carbocycles. The van der Waals surface area contributed by atoms with Gasteiger partial charge in [0.25, 0.3) is 0 Å². The van der Waals surface area contributed by atoms with Gasteiger partial charge in [0, 0.05) is 24.9 Å². The summed E-state index contributed by atoms with van der Waals surface area (Å²) < 4.78 is 5.58. The maximum absolute atomic E-state index is 12.4. The molecule has 0 fully saturated rings. The van der Waals surface area contributed by atoms with Crippen molar-refractivity contribution in [2.24, 2.45) is 5.41 Å². The summed E-state index contributed by atoms with van der Waals surface area (Å²) in [7, 11) is 0. The van der Waals surface area contributed by atoms with Crippen LogP contribution in [0.2, 0.25) is 0 Å². The Kier molecular flexibility index (Phi) is 8.90. The number of nitrogens with one attached hydrogen (secondary N) is 2. The monoisotopic (exact) mass is 480 g/mol. The van der Waals surface area contributed by atoms with E-state index in [1.54, 1.807) is 0 Å². The standard InChI is InChI=1S/C28H36N2O5/c1-4-28(5-2,26(32)33)18-29-25(31)16-10-11-19(3)30-27(34)35-17-24-22-14-8-6-12-20(22)21-13-7-9-15-23(21)24/h6-9,12-15,19,24H,4-5,10-11,16-18H2,1-3H3,(H,29,31)(H,30,34)(H,32,33). The Balaban J connectivity index is 1.41. The first-order chi connectivity index (χ1) is 16.8. The predicted octanol–water partition coefficient (Wildman–Crippen LogP) is 5.09. The molecular formula is C28H36N2O5. The molecule has 1 atom stereocenters. The number of aliphatic carboxylic acids is 1. The molecule has 3 rings (SSSR count). The molecule has 0 saturated carbocycles. The van der Waals surface area contributed by atoms with Crippen LogP contribution in [0, 0.1) is 5.41 Å². The van der Waals surface area contributed by atoms with Gasteiger partial charge in [0.15, 0.2) is 0 Å². The maximum Gasteiger partial charge on any atom is 0.407 e. The summed E-state index contributed by atoms with van der Waals surface area (Å²) in [5, 5.41) is 15.1. The number of alkyl carbamates (subject to hydrolysis) is 1. The zero-order chi connectivity index (χ0) is 25.4. The third-order valence-corrected chi connectivity index (χ3v) is 7.18. The molecule has 7 nitrogen and oxygen atoms in total. The number of hydrogen-bond donors (Lipinski definition) is 3. The highest BCUT2D eigenvalue weighted by Gasteiger charge is 2.35. The van der Waals surface area contributed by atoms with E-state index in [4.69, 9.17) is 4.74 Å². The van der Waals surface area contributed by atoms with Crippen LogP contribution in [0.5, 0.6) is 0 Å². The third-order valence-electron chi connectivity index (χ3n) is 7.18. The number of rotatable bonds is 12. The molecule has 1 unspecified atom stereocenters. The Morgan fingerprint density at radius 2 is 1.57 bits per heavy atom. The molecule has 2 amide bonds. The van der Waals surface area contributed by atoms with E-state index >= 15 is 0 Å². The fraction of sp³-hybridized carbons (Fsp3) is 0.464. The summed E-state index contributed by atoms with van der Waals surface area (Å²) in [5.41, 5.74) is 3.77. The number of carboxylic acid groups (broad SMARTS) is 1. The van der Waals surface area contributed by atoms with E-state index in [2.05, 4.69) is 34.9 Å². The number of carboxylic acids is 1. The van der Waals surface area contributed by atoms with Crippen LogP contribution in [-0.2, 0) is 14.3 Å². The van der Waals surface area contributed by atoms with Crippen molar-refractivity contribution < 1.29 is 24.2 Å². The highest BCUT2D eigenvalue weighted by atomic mass is 16.5. The number of carbonyl (C=O) groups is 3. The summed E-state index contributed by atoms with van der Waals surface area (Å²) >= 11 is 0. The van der Waals surface area contributed by atoms with E-state index in [9.17, 15) is 19.5 Å². The molecule has 0 aliphatic heterocycles. The zero-order valence-electron chi connectivity index (χ0n) is 20.8. The van der Waals surface area contributed by atoms with E-state index in [1.807, 2.05) is 45.0 Å². The molecule has 0 heterocycles. The van der Waals surface area contributed by atoms with Crippen molar-refractivity contribution in [1.82, 2.24) is 10.6 Å². The van der Waals surface area contributed by atoms with Gasteiger partial charge in [0.2, 0.25) is 5.91 Å². The van der Waals surface area contributed by atoms with Crippen molar-refractivity contribution in [2.45, 2.75) is 64.8 Å². The molecule has 2 aromatic rings. The molecule has 0 saturated heterocycles. The van der Waals surface area contributed by atoms with Gasteiger partial charge in [-0.25, -0.2) is 4.79 Å². The van der Waals surface area contributed by atoms with Gasteiger partial charge < -0.3 is 20.5 Å². The molecule has 1 aliphatic rings. The van der Waals surface area contributed by atoms with Crippen LogP contribution < -0.4 is 10.6 Å². The van der Waals surface area contributed by atoms with Crippen molar-refractivity contribution in [1.29, 1.82) is 0 Å². The van der Waals surface area contributed by atoms with Crippen molar-refractivity contribution in [3.05, 3.63) is 59.7 Å².